The van der Waals surface area contributed by atoms with Crippen molar-refractivity contribution in [1.29, 1.82) is 0 Å². The second-order valence-electron chi connectivity index (χ2n) is 3.50. The van der Waals surface area contributed by atoms with E-state index in [1.54, 1.807) is 6.07 Å². The van der Waals surface area contributed by atoms with Crippen molar-refractivity contribution < 1.29 is 23.2 Å². The molecule has 0 amide bonds. The third kappa shape index (κ3) is 3.70. The highest BCUT2D eigenvalue weighted by Gasteiger charge is 2.50. The lowest BCUT2D eigenvalue weighted by Crippen LogP contribution is -2.37. The zero-order chi connectivity index (χ0) is 13.1. The van der Waals surface area contributed by atoms with Crippen LogP contribution in [0.3, 0.4) is 0 Å². The van der Waals surface area contributed by atoms with Gasteiger partial charge in [-0.1, -0.05) is 30.3 Å². The minimum atomic E-state index is -4.96. The fraction of sp³-hybridized carbons (Fsp3) is 0.400. The van der Waals surface area contributed by atoms with Gasteiger partial charge in [0.05, 0.1) is 12.5 Å². The lowest BCUT2D eigenvalue weighted by atomic mass is 10.0. The van der Waals surface area contributed by atoms with E-state index < -0.39 is 29.7 Å². The van der Waals surface area contributed by atoms with E-state index in [1.807, 2.05) is 0 Å². The van der Waals surface area contributed by atoms with E-state index in [0.29, 0.717) is 0 Å². The molecule has 1 N–H and O–H groups in total. The molecule has 17 heavy (non-hydrogen) atoms. The van der Waals surface area contributed by atoms with Crippen LogP contribution < -0.4 is 0 Å². The molecule has 0 fully saturated rings. The van der Waals surface area contributed by atoms with Crippen LogP contribution in [0.15, 0.2) is 30.3 Å². The highest BCUT2D eigenvalue weighted by Crippen LogP contribution is 2.29. The Bertz CT molecular complexity index is 380. The average Bonchev–Trinajstić information content (AvgIpc) is 2.24. The van der Waals surface area contributed by atoms with Crippen LogP contribution in [0.5, 0.6) is 0 Å². The van der Waals surface area contributed by atoms with Crippen LogP contribution in [0, 0.1) is 10.1 Å². The Kier molecular flexibility index (Phi) is 4.06. The van der Waals surface area contributed by atoms with E-state index in [1.165, 1.54) is 24.3 Å². The molecule has 7 heteroatoms. The summed E-state index contributed by atoms with van der Waals surface area (Å²) in [5.74, 6) is 0. The fourth-order valence-corrected chi connectivity index (χ4v) is 1.36. The molecule has 0 radical (unpaired) electrons. The Morgan fingerprint density at radius 1 is 1.29 bits per heavy atom. The average molecular weight is 249 g/mol. The number of hydrogen-bond donors (Lipinski definition) is 1. The van der Waals surface area contributed by atoms with Crippen LogP contribution in [-0.2, 0) is 0 Å². The number of nitrogens with zero attached hydrogens (tertiary/aromatic N) is 1. The topological polar surface area (TPSA) is 63.4 Å². The molecule has 94 valence electrons. The minimum absolute atomic E-state index is 0.226. The summed E-state index contributed by atoms with van der Waals surface area (Å²) in [6.07, 6.45) is -7.45. The number of halogens is 3. The van der Waals surface area contributed by atoms with Crippen molar-refractivity contribution >= 4 is 0 Å². The zero-order valence-corrected chi connectivity index (χ0v) is 8.59. The molecule has 4 nitrogen and oxygen atoms in total. The van der Waals surface area contributed by atoms with Crippen molar-refractivity contribution in [2.24, 2.45) is 0 Å². The first-order chi connectivity index (χ1) is 7.82. The van der Waals surface area contributed by atoms with Crippen molar-refractivity contribution in [3.8, 4) is 0 Å². The summed E-state index contributed by atoms with van der Waals surface area (Å²) in [5, 5.41) is 19.8. The highest BCUT2D eigenvalue weighted by molar-refractivity contribution is 5.17. The van der Waals surface area contributed by atoms with Crippen molar-refractivity contribution in [2.45, 2.75) is 24.7 Å². The summed E-state index contributed by atoms with van der Waals surface area (Å²) in [6.45, 7) is 0. The van der Waals surface area contributed by atoms with Gasteiger partial charge in [0.25, 0.3) is 0 Å². The van der Waals surface area contributed by atoms with Crippen LogP contribution >= 0.6 is 0 Å². The standard InChI is InChI=1S/C10H10F3NO3/c11-10(12,13)9(14(16)17)6-8(15)7-4-2-1-3-5-7/h1-5,8-9,15H,6H2. The molecule has 0 heterocycles. The molecule has 1 aromatic rings. The maximum Gasteiger partial charge on any atom is 0.457 e. The first kappa shape index (κ1) is 13.4. The number of aliphatic hydroxyl groups excluding tert-OH is 1. The molecule has 1 aromatic carbocycles. The van der Waals surface area contributed by atoms with Gasteiger partial charge in [-0.2, -0.15) is 13.2 Å². The molecule has 0 aliphatic rings. The molecule has 0 saturated heterocycles. The zero-order valence-electron chi connectivity index (χ0n) is 8.59. The SMILES string of the molecule is O=[N+]([O-])C(CC(O)c1ccccc1)C(F)(F)F. The summed E-state index contributed by atoms with van der Waals surface area (Å²) in [5.41, 5.74) is 0.226. The number of hydrogen-bond acceptors (Lipinski definition) is 3. The van der Waals surface area contributed by atoms with Crippen molar-refractivity contribution in [3.63, 3.8) is 0 Å². The number of nitro groups is 1. The molecule has 0 saturated carbocycles. The van der Waals surface area contributed by atoms with E-state index in [4.69, 9.17) is 0 Å². The maximum atomic E-state index is 12.3. The fourth-order valence-electron chi connectivity index (χ4n) is 1.36. The molecule has 0 spiro atoms. The van der Waals surface area contributed by atoms with Gasteiger partial charge in [-0.3, -0.25) is 10.1 Å². The van der Waals surface area contributed by atoms with Gasteiger partial charge in [0.2, 0.25) is 0 Å². The largest absolute Gasteiger partial charge is 0.457 e. The second-order valence-corrected chi connectivity index (χ2v) is 3.50. The lowest BCUT2D eigenvalue weighted by Gasteiger charge is -2.16. The Labute approximate surface area is 94.8 Å². The van der Waals surface area contributed by atoms with Gasteiger partial charge in [0.1, 0.15) is 0 Å². The highest BCUT2D eigenvalue weighted by atomic mass is 19.4. The van der Waals surface area contributed by atoms with Crippen LogP contribution in [-0.4, -0.2) is 22.2 Å². The molecule has 1 rings (SSSR count). The smallest absolute Gasteiger partial charge is 0.388 e. The summed E-state index contributed by atoms with van der Waals surface area (Å²) >= 11 is 0. The van der Waals surface area contributed by atoms with Crippen molar-refractivity contribution in [2.75, 3.05) is 0 Å². The first-order valence-corrected chi connectivity index (χ1v) is 4.75. The van der Waals surface area contributed by atoms with E-state index >= 15 is 0 Å². The Morgan fingerprint density at radius 2 is 1.82 bits per heavy atom. The van der Waals surface area contributed by atoms with Crippen LogP contribution in [0.1, 0.15) is 18.1 Å². The van der Waals surface area contributed by atoms with Crippen LogP contribution in [0.4, 0.5) is 13.2 Å². The van der Waals surface area contributed by atoms with Crippen molar-refractivity contribution in [1.82, 2.24) is 0 Å². The van der Waals surface area contributed by atoms with Gasteiger partial charge in [0.15, 0.2) is 0 Å². The van der Waals surface area contributed by atoms with Crippen LogP contribution in [0.2, 0.25) is 0 Å². The van der Waals surface area contributed by atoms with Gasteiger partial charge in [-0.05, 0) is 5.56 Å². The predicted octanol–water partition coefficient (Wildman–Crippen LogP) is 2.32. The number of benzene rings is 1. The lowest BCUT2D eigenvalue weighted by molar-refractivity contribution is -0.565. The Morgan fingerprint density at radius 3 is 2.24 bits per heavy atom. The van der Waals surface area contributed by atoms with E-state index in [0.717, 1.165) is 0 Å². The van der Waals surface area contributed by atoms with Gasteiger partial charge in [-0.15, -0.1) is 0 Å². The molecule has 0 bridgehead atoms. The number of rotatable bonds is 4. The molecule has 2 atom stereocenters. The predicted molar refractivity (Wildman–Crippen MR) is 52.9 cm³/mol. The Balaban J connectivity index is 2.79. The van der Waals surface area contributed by atoms with Gasteiger partial charge in [0, 0.05) is 4.92 Å². The van der Waals surface area contributed by atoms with Gasteiger partial charge >= 0.3 is 12.2 Å². The van der Waals surface area contributed by atoms with Gasteiger partial charge < -0.3 is 5.11 Å². The quantitative estimate of drug-likeness (QED) is 0.657. The number of alkyl halides is 3. The molecular weight excluding hydrogens is 239 g/mol. The van der Waals surface area contributed by atoms with Crippen LogP contribution in [0.25, 0.3) is 0 Å². The summed E-state index contributed by atoms with van der Waals surface area (Å²) in [7, 11) is 0. The summed E-state index contributed by atoms with van der Waals surface area (Å²) in [4.78, 5) is 8.86. The second kappa shape index (κ2) is 5.13. The molecular formula is C10H10F3NO3. The first-order valence-electron chi connectivity index (χ1n) is 4.75. The van der Waals surface area contributed by atoms with E-state index in [2.05, 4.69) is 0 Å². The monoisotopic (exact) mass is 249 g/mol. The van der Waals surface area contributed by atoms with E-state index in [-0.39, 0.29) is 5.56 Å². The summed E-state index contributed by atoms with van der Waals surface area (Å²) < 4.78 is 36.9. The number of aliphatic hydroxyl groups is 1. The molecule has 0 aromatic heterocycles. The molecule has 0 aliphatic heterocycles. The van der Waals surface area contributed by atoms with Gasteiger partial charge in [-0.25, -0.2) is 0 Å². The summed E-state index contributed by atoms with van der Waals surface area (Å²) in [6, 6.07) is 4.78. The molecule has 2 unspecified atom stereocenters. The third-order valence-electron chi connectivity index (χ3n) is 2.26. The third-order valence-corrected chi connectivity index (χ3v) is 2.26. The minimum Gasteiger partial charge on any atom is -0.388 e. The molecule has 0 aliphatic carbocycles. The normalized spacial score (nSPS) is 15.3. The Hall–Kier alpha value is -1.63. The van der Waals surface area contributed by atoms with Crippen molar-refractivity contribution in [3.05, 3.63) is 46.0 Å². The van der Waals surface area contributed by atoms with E-state index in [9.17, 15) is 28.4 Å². The maximum absolute atomic E-state index is 12.3.